The summed E-state index contributed by atoms with van der Waals surface area (Å²) >= 11 is 0. The first kappa shape index (κ1) is 87.0. The molecular weight excluding hydrogens is 1830 g/mol. The Morgan fingerprint density at radius 3 is 0.616 bits per heavy atom. The van der Waals surface area contributed by atoms with Crippen molar-refractivity contribution in [2.75, 3.05) is 0 Å². The summed E-state index contributed by atoms with van der Waals surface area (Å²) in [6, 6.07) is 190. The Morgan fingerprint density at radius 2 is 0.349 bits per heavy atom. The normalized spacial score (nSPS) is 12.1. The van der Waals surface area contributed by atoms with Gasteiger partial charge < -0.3 is 35.9 Å². The van der Waals surface area contributed by atoms with Crippen LogP contribution in [0.3, 0.4) is 0 Å². The van der Waals surface area contributed by atoms with Gasteiger partial charge in [-0.1, -0.05) is 413 Å². The van der Waals surface area contributed by atoms with Crippen molar-refractivity contribution in [1.82, 2.24) is 18.3 Å². The first-order valence-electron chi connectivity index (χ1n) is 49.8. The first-order chi connectivity index (χ1) is 71.7. The Morgan fingerprint density at radius 1 is 0.151 bits per heavy atom. The molecule has 0 fully saturated rings. The predicted molar refractivity (Wildman–Crippen MR) is 623 cm³/mol. The van der Waals surface area contributed by atoms with Gasteiger partial charge in [0.25, 0.3) is 0 Å². The Bertz CT molecular complexity index is 9580. The maximum Gasteiger partial charge on any atom is 0.184 e. The van der Waals surface area contributed by atoms with Gasteiger partial charge in [0.05, 0.1) is 44.1 Å². The van der Waals surface area contributed by atoms with Gasteiger partial charge >= 0.3 is 0 Å². The van der Waals surface area contributed by atoms with Crippen molar-refractivity contribution in [3.63, 3.8) is 0 Å². The molecule has 0 atom stereocenters. The van der Waals surface area contributed by atoms with Crippen LogP contribution in [-0.4, -0.2) is 42.5 Å². The van der Waals surface area contributed by atoms with Crippen LogP contribution in [-0.2, 0) is 0 Å². The molecule has 8 nitrogen and oxygen atoms in total. The highest BCUT2D eigenvalue weighted by Gasteiger charge is 2.45. The van der Waals surface area contributed by atoms with E-state index in [0.717, 1.165) is 111 Å². The zero-order valence-electron chi connectivity index (χ0n) is 79.6. The second kappa shape index (κ2) is 34.9. The molecule has 0 unspecified atom stereocenters. The van der Waals surface area contributed by atoms with Gasteiger partial charge in [0.1, 0.15) is 52.7 Å². The van der Waals surface area contributed by atoms with Gasteiger partial charge in [0, 0.05) is 109 Å². The summed E-state index contributed by atoms with van der Waals surface area (Å²) in [5, 5.41) is 32.6. The summed E-state index contributed by atoms with van der Waals surface area (Å²) < 4.78 is 35.8. The summed E-state index contributed by atoms with van der Waals surface area (Å²) in [5.74, 6) is 0. The fourth-order valence-electron chi connectivity index (χ4n) is 24.0. The highest BCUT2D eigenvalue weighted by Crippen LogP contribution is 2.43. The third-order valence-electron chi connectivity index (χ3n) is 30.7. The third-order valence-corrected chi connectivity index (χ3v) is 43.8. The first-order valence-corrected chi connectivity index (χ1v) is 56.8. The molecule has 0 spiro atoms. The summed E-state index contributed by atoms with van der Waals surface area (Å²) in [7, 11) is -7.61. The Hall–Kier alpha value is -18.1. The number of rotatable bonds is 14. The number of nitrogens with zero attached hydrogens (tertiary/aromatic N) is 4. The average molecular weight is 1920 g/mol. The molecule has 0 saturated carbocycles. The van der Waals surface area contributed by atoms with Crippen molar-refractivity contribution in [3.05, 3.63) is 522 Å². The summed E-state index contributed by atoms with van der Waals surface area (Å²) in [6.07, 6.45) is 0. The van der Waals surface area contributed by atoms with Gasteiger partial charge in [0.15, 0.2) is 16.1 Å². The number of hydrogen-bond acceptors (Lipinski definition) is 4. The van der Waals surface area contributed by atoms with Crippen LogP contribution in [0.5, 0.6) is 0 Å². The summed E-state index contributed by atoms with van der Waals surface area (Å²) in [6.45, 7) is 4.90. The topological polar surface area (TPSA) is 72.3 Å². The molecule has 8 aromatic heterocycles. The highest BCUT2D eigenvalue weighted by molar-refractivity contribution is 7.21. The lowest BCUT2D eigenvalue weighted by atomic mass is 10.1. The van der Waals surface area contributed by atoms with Gasteiger partial charge in [-0.2, -0.15) is 0 Å². The van der Waals surface area contributed by atoms with E-state index in [4.69, 9.17) is 17.7 Å². The highest BCUT2D eigenvalue weighted by atomic mass is 28.3. The molecule has 8 heterocycles. The fraction of sp³-hybridized carbons (Fsp3) is 0.0222. The maximum atomic E-state index is 6.93. The molecule has 0 amide bonds. The second-order valence-corrected chi connectivity index (χ2v) is 50.7. The van der Waals surface area contributed by atoms with E-state index in [1.165, 1.54) is 139 Å². The van der Waals surface area contributed by atoms with Crippen LogP contribution in [0.4, 0.5) is 0 Å². The molecule has 0 bridgehead atoms. The molecule has 0 saturated heterocycles. The van der Waals surface area contributed by atoms with Crippen molar-refractivity contribution >= 4 is 251 Å². The van der Waals surface area contributed by atoms with Crippen LogP contribution in [0.1, 0.15) is 7.43 Å². The largest absolute Gasteiger partial charge is 0.456 e. The number of benzene rings is 22. The lowest BCUT2D eigenvalue weighted by Crippen LogP contribution is -2.74. The number of para-hydroxylation sites is 9. The molecule has 0 aliphatic heterocycles. The predicted octanol–water partition coefficient (Wildman–Crippen LogP) is 29.3. The molecule has 0 N–H and O–H groups in total. The Labute approximate surface area is 845 Å². The second-order valence-electron chi connectivity index (χ2n) is 38.7. The van der Waals surface area contributed by atoms with E-state index < -0.39 is 24.2 Å². The van der Waals surface area contributed by atoms with Crippen LogP contribution < -0.4 is 51.9 Å². The van der Waals surface area contributed by atoms with Crippen LogP contribution >= 0.6 is 0 Å². The number of hydrogen-bond donors (Lipinski definition) is 0. The number of aromatic nitrogens is 4. The van der Waals surface area contributed by atoms with E-state index in [1.807, 2.05) is 0 Å². The zero-order chi connectivity index (χ0) is 96.0. The molecule has 0 aliphatic carbocycles. The number of fused-ring (bicyclic) bond motifs is 24. The quantitative estimate of drug-likeness (QED) is 0.0803. The Balaban J connectivity index is 0.000000109. The molecule has 0 aliphatic rings. The molecule has 22 aromatic carbocycles. The van der Waals surface area contributed by atoms with E-state index in [0.29, 0.717) is 0 Å². The van der Waals surface area contributed by atoms with E-state index in [1.54, 1.807) is 0 Å². The minimum Gasteiger partial charge on any atom is -0.456 e. The maximum absolute atomic E-state index is 6.93. The molecule has 30 rings (SSSR count). The van der Waals surface area contributed by atoms with Crippen molar-refractivity contribution in [1.29, 1.82) is 0 Å². The smallest absolute Gasteiger partial charge is 0.184 e. The van der Waals surface area contributed by atoms with Gasteiger partial charge in [-0.25, -0.2) is 0 Å². The van der Waals surface area contributed by atoms with Crippen molar-refractivity contribution in [3.8, 4) is 22.7 Å². The van der Waals surface area contributed by atoms with Gasteiger partial charge in [-0.05, 0) is 181 Å². The van der Waals surface area contributed by atoms with Crippen molar-refractivity contribution in [2.45, 2.75) is 20.5 Å². The van der Waals surface area contributed by atoms with Crippen LogP contribution in [0.15, 0.2) is 539 Å². The van der Waals surface area contributed by atoms with Gasteiger partial charge in [-0.15, -0.1) is 0 Å². The Kier molecular flexibility index (Phi) is 20.8. The SMILES string of the molecule is C.C[Si](C)(c1ccc2oc3ccc(-n4c5ccccc5c5ccccc54)cc3c2c1)c1ccc2oc3ccc(-n4c5ccccc5c5ccccc54)cc3c2c1.c1ccc([Si](c2ccccc2)(c2ccccc2)c2ccc3oc4ccc(-n5c6ccccc6c6ccccc65)cc4c3c2)cc1.c1ccc([Si](c2ccccc2)(c2ccccc2)c2cccc3c2oc2ccc(-n4c5ccccc5c5ccccc54)cc23)cc1. The van der Waals surface area contributed by atoms with Crippen LogP contribution in [0.25, 0.3) is 198 Å². The molecule has 146 heavy (non-hydrogen) atoms. The molecule has 692 valence electrons. The van der Waals surface area contributed by atoms with Gasteiger partial charge in [0.2, 0.25) is 0 Å². The number of furan rings is 4. The average Bonchev–Trinajstić information content (AvgIpc) is 1.40. The minimum atomic E-state index is -2.77. The zero-order valence-corrected chi connectivity index (χ0v) is 82.6. The van der Waals surface area contributed by atoms with Crippen molar-refractivity contribution < 1.29 is 17.7 Å². The minimum absolute atomic E-state index is 0. The van der Waals surface area contributed by atoms with Gasteiger partial charge in [-0.3, -0.25) is 0 Å². The monoisotopic (exact) mass is 1920 g/mol. The molecule has 11 heteroatoms. The summed E-state index contributed by atoms with van der Waals surface area (Å²) in [4.78, 5) is 0. The standard InChI is InChI=1S/C50H34N2O2Si.2C42H29NOSi.CH4/c1-55(2,33-21-25-49-41(29-33)39-27-31(19-23-47(39)53-49)51-43-15-7-3-11-35(43)36-12-4-8-16-44(36)51)34-22-26-50-42(30-34)40-28-32(20-24-48(40)54-50)52-45-17-9-5-13-37(45)38-14-6-10-18-46(38)52;1-4-15-31(16-5-1)45(32-17-6-2-7-18-32,33-19-8-3-9-20-33)41-26-14-23-36-37-29-30(27-28-40(37)44-42(36)41)43-38-24-12-10-21-34(38)35-22-11-13-25-39(35)43;1-4-14-31(15-5-1)45(32-16-6-2-7-17-32,33-18-8-3-9-19-33)34-25-27-42-38(29-34)37-28-30(24-26-41(37)44-42)43-39-22-12-10-20-35(39)36-21-11-13-23-40(36)43;/h3-30H,1-2H3;2*1-29H;1H4. The van der Waals surface area contributed by atoms with Crippen molar-refractivity contribution in [2.24, 2.45) is 0 Å². The molecule has 30 aromatic rings. The van der Waals surface area contributed by atoms with E-state index in [2.05, 4.69) is 553 Å². The van der Waals surface area contributed by atoms with Crippen LogP contribution in [0.2, 0.25) is 13.1 Å². The lowest BCUT2D eigenvalue weighted by Gasteiger charge is -2.34. The molecule has 0 radical (unpaired) electrons. The van der Waals surface area contributed by atoms with E-state index >= 15 is 0 Å². The molecular formula is C135H96N4O4Si3. The summed E-state index contributed by atoms with van der Waals surface area (Å²) in [5.41, 5.74) is 21.5. The lowest BCUT2D eigenvalue weighted by molar-refractivity contribution is 0.668. The van der Waals surface area contributed by atoms with E-state index in [-0.39, 0.29) is 7.43 Å². The van der Waals surface area contributed by atoms with E-state index in [9.17, 15) is 0 Å². The fourth-order valence-corrected chi connectivity index (χ4v) is 36.0. The third kappa shape index (κ3) is 13.7. The van der Waals surface area contributed by atoms with Crippen LogP contribution in [0, 0.1) is 0 Å².